The van der Waals surface area contributed by atoms with Crippen LogP contribution in [0.3, 0.4) is 0 Å². The maximum atomic E-state index is 5.16. The predicted octanol–water partition coefficient (Wildman–Crippen LogP) is -2.50. The van der Waals surface area contributed by atoms with Gasteiger partial charge in [-0.1, -0.05) is 5.92 Å². The molecule has 0 aliphatic heterocycles. The molecule has 0 unspecified atom stereocenters. The molecule has 0 radical (unpaired) electrons. The standard InChI is InChI=1S/C8H8N.HI/c1-3-8-5-4-6-9(2)7-8;/h1,4-7H,2H3;1H/q+1;/p-1. The zero-order valence-corrected chi connectivity index (χ0v) is 7.87. The van der Waals surface area contributed by atoms with Crippen LogP contribution in [-0.2, 0) is 7.05 Å². The molecule has 1 aromatic rings. The highest BCUT2D eigenvalue weighted by molar-refractivity contribution is 5.26. The van der Waals surface area contributed by atoms with Crippen molar-refractivity contribution < 1.29 is 28.5 Å². The molecule has 0 aliphatic carbocycles. The number of aromatic nitrogens is 1. The van der Waals surface area contributed by atoms with Gasteiger partial charge in [-0.2, -0.15) is 0 Å². The van der Waals surface area contributed by atoms with Gasteiger partial charge in [0.2, 0.25) is 0 Å². The van der Waals surface area contributed by atoms with E-state index in [1.165, 1.54) is 0 Å². The van der Waals surface area contributed by atoms with Crippen LogP contribution >= 0.6 is 0 Å². The SMILES string of the molecule is C#Cc1ccc[n+](C)c1.[I-]. The monoisotopic (exact) mass is 245 g/mol. The molecule has 1 rings (SSSR count). The van der Waals surface area contributed by atoms with Crippen molar-refractivity contribution in [3.05, 3.63) is 30.1 Å². The highest BCUT2D eigenvalue weighted by Crippen LogP contribution is 1.87. The van der Waals surface area contributed by atoms with Crippen LogP contribution in [0.15, 0.2) is 24.5 Å². The summed E-state index contributed by atoms with van der Waals surface area (Å²) in [5.41, 5.74) is 0.917. The largest absolute Gasteiger partial charge is 1.00 e. The molecule has 0 saturated heterocycles. The molecule has 0 spiro atoms. The number of rotatable bonds is 0. The minimum Gasteiger partial charge on any atom is -1.00 e. The molecule has 52 valence electrons. The molecule has 0 aliphatic rings. The summed E-state index contributed by atoms with van der Waals surface area (Å²) in [6.45, 7) is 0. The van der Waals surface area contributed by atoms with Crippen molar-refractivity contribution in [3.63, 3.8) is 0 Å². The summed E-state index contributed by atoms with van der Waals surface area (Å²) in [5, 5.41) is 0. The molecular weight excluding hydrogens is 237 g/mol. The lowest BCUT2D eigenvalue weighted by Gasteiger charge is -1.85. The van der Waals surface area contributed by atoms with Gasteiger partial charge in [-0.3, -0.25) is 0 Å². The number of terminal acetylenes is 1. The van der Waals surface area contributed by atoms with Crippen molar-refractivity contribution in [2.24, 2.45) is 7.05 Å². The Balaban J connectivity index is 0.000000810. The lowest BCUT2D eigenvalue weighted by Crippen LogP contribution is -3.00. The van der Waals surface area contributed by atoms with E-state index in [0.717, 1.165) is 5.56 Å². The second kappa shape index (κ2) is 4.29. The minimum atomic E-state index is 0. The summed E-state index contributed by atoms with van der Waals surface area (Å²) in [4.78, 5) is 0. The first kappa shape index (κ1) is 9.44. The molecule has 0 atom stereocenters. The van der Waals surface area contributed by atoms with Gasteiger partial charge in [0, 0.05) is 6.07 Å². The van der Waals surface area contributed by atoms with Crippen molar-refractivity contribution in [3.8, 4) is 12.3 Å². The third-order valence-corrected chi connectivity index (χ3v) is 1.11. The average Bonchev–Trinajstić information content (AvgIpc) is 1.88. The van der Waals surface area contributed by atoms with Gasteiger partial charge >= 0.3 is 0 Å². The highest BCUT2D eigenvalue weighted by Gasteiger charge is 1.90. The van der Waals surface area contributed by atoms with E-state index in [2.05, 4.69) is 5.92 Å². The number of hydrogen-bond acceptors (Lipinski definition) is 0. The fourth-order valence-electron chi connectivity index (χ4n) is 0.673. The van der Waals surface area contributed by atoms with Crippen LogP contribution < -0.4 is 28.5 Å². The summed E-state index contributed by atoms with van der Waals surface area (Å²) >= 11 is 0. The van der Waals surface area contributed by atoms with E-state index in [1.807, 2.05) is 36.1 Å². The van der Waals surface area contributed by atoms with Crippen LogP contribution in [0.25, 0.3) is 0 Å². The summed E-state index contributed by atoms with van der Waals surface area (Å²) in [6, 6.07) is 3.83. The van der Waals surface area contributed by atoms with E-state index < -0.39 is 0 Å². The quantitative estimate of drug-likeness (QED) is 0.270. The first-order valence-corrected chi connectivity index (χ1v) is 2.75. The summed E-state index contributed by atoms with van der Waals surface area (Å²) in [6.07, 6.45) is 9.00. The fourth-order valence-corrected chi connectivity index (χ4v) is 0.673. The predicted molar refractivity (Wildman–Crippen MR) is 35.6 cm³/mol. The number of aryl methyl sites for hydroxylation is 1. The number of hydrogen-bond donors (Lipinski definition) is 0. The van der Waals surface area contributed by atoms with Gasteiger partial charge in [-0.15, -0.1) is 6.42 Å². The second-order valence-corrected chi connectivity index (χ2v) is 1.90. The lowest BCUT2D eigenvalue weighted by atomic mass is 10.3. The molecule has 0 amide bonds. The first-order valence-electron chi connectivity index (χ1n) is 2.75. The van der Waals surface area contributed by atoms with Gasteiger partial charge in [-0.05, 0) is 6.07 Å². The van der Waals surface area contributed by atoms with Crippen LogP contribution in [0.1, 0.15) is 5.56 Å². The van der Waals surface area contributed by atoms with E-state index in [-0.39, 0.29) is 24.0 Å². The molecule has 0 saturated carbocycles. The Kier molecular flexibility index (Phi) is 4.05. The molecule has 1 aromatic heterocycles. The number of nitrogens with zero attached hydrogens (tertiary/aromatic N) is 1. The second-order valence-electron chi connectivity index (χ2n) is 1.90. The third-order valence-electron chi connectivity index (χ3n) is 1.11. The minimum absolute atomic E-state index is 0. The fraction of sp³-hybridized carbons (Fsp3) is 0.125. The van der Waals surface area contributed by atoms with Crippen molar-refractivity contribution in [2.75, 3.05) is 0 Å². The Morgan fingerprint density at radius 2 is 2.30 bits per heavy atom. The van der Waals surface area contributed by atoms with Gasteiger partial charge in [0.05, 0.1) is 5.56 Å². The van der Waals surface area contributed by atoms with E-state index in [4.69, 9.17) is 6.42 Å². The van der Waals surface area contributed by atoms with Crippen LogP contribution in [0.4, 0.5) is 0 Å². The van der Waals surface area contributed by atoms with E-state index in [0.29, 0.717) is 0 Å². The smallest absolute Gasteiger partial charge is 0.184 e. The van der Waals surface area contributed by atoms with Crippen molar-refractivity contribution in [1.82, 2.24) is 0 Å². The van der Waals surface area contributed by atoms with Gasteiger partial charge in [0.1, 0.15) is 7.05 Å². The summed E-state index contributed by atoms with van der Waals surface area (Å²) < 4.78 is 1.93. The van der Waals surface area contributed by atoms with Crippen LogP contribution in [0.2, 0.25) is 0 Å². The lowest BCUT2D eigenvalue weighted by molar-refractivity contribution is -0.671. The van der Waals surface area contributed by atoms with E-state index in [9.17, 15) is 0 Å². The molecule has 2 heteroatoms. The average molecular weight is 245 g/mol. The van der Waals surface area contributed by atoms with E-state index >= 15 is 0 Å². The molecule has 1 nitrogen and oxygen atoms in total. The molecular formula is C8H8IN. The first-order chi connectivity index (χ1) is 4.33. The maximum absolute atomic E-state index is 5.16. The van der Waals surface area contributed by atoms with Gasteiger partial charge in [-0.25, -0.2) is 4.57 Å². The normalized spacial score (nSPS) is 7.60. The molecule has 10 heavy (non-hydrogen) atoms. The van der Waals surface area contributed by atoms with Crippen LogP contribution in [-0.4, -0.2) is 0 Å². The zero-order valence-electron chi connectivity index (χ0n) is 5.71. The third kappa shape index (κ3) is 2.36. The Morgan fingerprint density at radius 3 is 2.70 bits per heavy atom. The summed E-state index contributed by atoms with van der Waals surface area (Å²) in [5.74, 6) is 2.55. The van der Waals surface area contributed by atoms with Gasteiger partial charge in [0.25, 0.3) is 0 Å². The molecule has 0 fully saturated rings. The number of halogens is 1. The number of pyridine rings is 1. The maximum Gasteiger partial charge on any atom is 0.184 e. The topological polar surface area (TPSA) is 3.88 Å². The molecule has 0 aromatic carbocycles. The Hall–Kier alpha value is -0.560. The van der Waals surface area contributed by atoms with E-state index in [1.54, 1.807) is 0 Å². The Morgan fingerprint density at radius 1 is 1.60 bits per heavy atom. The van der Waals surface area contributed by atoms with Crippen LogP contribution in [0.5, 0.6) is 0 Å². The van der Waals surface area contributed by atoms with Crippen molar-refractivity contribution >= 4 is 0 Å². The Labute approximate surface area is 78.1 Å². The molecule has 0 bridgehead atoms. The zero-order chi connectivity index (χ0) is 6.69. The highest BCUT2D eigenvalue weighted by atomic mass is 127. The van der Waals surface area contributed by atoms with Crippen molar-refractivity contribution in [2.45, 2.75) is 0 Å². The van der Waals surface area contributed by atoms with Gasteiger partial charge < -0.3 is 24.0 Å². The molecule has 1 heterocycles. The summed E-state index contributed by atoms with van der Waals surface area (Å²) in [7, 11) is 1.95. The van der Waals surface area contributed by atoms with Crippen molar-refractivity contribution in [1.29, 1.82) is 0 Å². The van der Waals surface area contributed by atoms with Gasteiger partial charge in [0.15, 0.2) is 12.4 Å². The Bertz CT molecular complexity index is 250. The molecule has 0 N–H and O–H groups in total. The van der Waals surface area contributed by atoms with Crippen LogP contribution in [0, 0.1) is 12.3 Å².